The summed E-state index contributed by atoms with van der Waals surface area (Å²) < 4.78 is 5.35. The number of non-ortho nitro benzene ring substituents is 1. The summed E-state index contributed by atoms with van der Waals surface area (Å²) in [4.78, 5) is 36.2. The second-order valence-electron chi connectivity index (χ2n) is 6.56. The van der Waals surface area contributed by atoms with E-state index in [0.717, 1.165) is 5.69 Å². The summed E-state index contributed by atoms with van der Waals surface area (Å²) in [7, 11) is 0. The predicted molar refractivity (Wildman–Crippen MR) is 112 cm³/mol. The van der Waals surface area contributed by atoms with E-state index in [1.54, 1.807) is 24.3 Å². The van der Waals surface area contributed by atoms with Gasteiger partial charge in [-0.2, -0.15) is 5.10 Å². The fourth-order valence-electron chi connectivity index (χ4n) is 3.02. The second kappa shape index (κ2) is 9.61. The van der Waals surface area contributed by atoms with Crippen LogP contribution in [-0.2, 0) is 9.53 Å². The van der Waals surface area contributed by atoms with E-state index in [-0.39, 0.29) is 11.6 Å². The molecule has 0 spiro atoms. The Morgan fingerprint density at radius 2 is 1.97 bits per heavy atom. The third kappa shape index (κ3) is 5.39. The lowest BCUT2D eigenvalue weighted by Crippen LogP contribution is -2.36. The van der Waals surface area contributed by atoms with Crippen LogP contribution in [0, 0.1) is 10.1 Å². The molecule has 0 aromatic heterocycles. The lowest BCUT2D eigenvalue weighted by atomic mass is 10.1. The standard InChI is InChI=1S/C20H21N5O5/c1-14(26)22-17-4-2-3-15(11-17)20(27)23-21-13-16-12-18(25(28)29)5-6-19(16)24-7-9-30-10-8-24/h2-6,11-13H,7-10H2,1H3,(H,22,26)(H,23,27)/b21-13-. The van der Waals surface area contributed by atoms with E-state index in [2.05, 4.69) is 15.8 Å². The molecular formula is C20H21N5O5. The second-order valence-corrected chi connectivity index (χ2v) is 6.56. The van der Waals surface area contributed by atoms with Gasteiger partial charge in [0.15, 0.2) is 0 Å². The molecule has 2 aromatic carbocycles. The Labute approximate surface area is 172 Å². The molecule has 10 nitrogen and oxygen atoms in total. The van der Waals surface area contributed by atoms with Crippen LogP contribution < -0.4 is 15.6 Å². The Balaban J connectivity index is 1.77. The highest BCUT2D eigenvalue weighted by molar-refractivity contribution is 5.97. The number of anilines is 2. The van der Waals surface area contributed by atoms with Gasteiger partial charge in [0.05, 0.1) is 24.4 Å². The van der Waals surface area contributed by atoms with E-state index in [4.69, 9.17) is 4.74 Å². The highest BCUT2D eigenvalue weighted by Crippen LogP contribution is 2.25. The van der Waals surface area contributed by atoms with Crippen LogP contribution in [0.1, 0.15) is 22.8 Å². The van der Waals surface area contributed by atoms with Crippen molar-refractivity contribution in [3.63, 3.8) is 0 Å². The first-order chi connectivity index (χ1) is 14.4. The normalized spacial score (nSPS) is 13.8. The number of morpholine rings is 1. The maximum Gasteiger partial charge on any atom is 0.271 e. The molecule has 10 heteroatoms. The third-order valence-corrected chi connectivity index (χ3v) is 4.39. The van der Waals surface area contributed by atoms with Gasteiger partial charge in [-0.15, -0.1) is 0 Å². The Hall–Kier alpha value is -3.79. The van der Waals surface area contributed by atoms with E-state index in [0.29, 0.717) is 43.1 Å². The minimum absolute atomic E-state index is 0.0669. The smallest absolute Gasteiger partial charge is 0.271 e. The summed E-state index contributed by atoms with van der Waals surface area (Å²) in [6, 6.07) is 10.9. The molecule has 2 aromatic rings. The van der Waals surface area contributed by atoms with Gasteiger partial charge in [-0.25, -0.2) is 5.43 Å². The Kier molecular flexibility index (Phi) is 6.71. The van der Waals surface area contributed by atoms with Crippen molar-refractivity contribution in [3.8, 4) is 0 Å². The van der Waals surface area contributed by atoms with E-state index in [9.17, 15) is 19.7 Å². The summed E-state index contributed by atoms with van der Waals surface area (Å²) >= 11 is 0. The number of hydrogen-bond acceptors (Lipinski definition) is 7. The van der Waals surface area contributed by atoms with Crippen molar-refractivity contribution >= 4 is 35.1 Å². The van der Waals surface area contributed by atoms with Crippen molar-refractivity contribution in [1.82, 2.24) is 5.43 Å². The van der Waals surface area contributed by atoms with Crippen LogP contribution in [0.3, 0.4) is 0 Å². The van der Waals surface area contributed by atoms with Gasteiger partial charge in [0.2, 0.25) is 5.91 Å². The molecule has 1 heterocycles. The minimum atomic E-state index is -0.480. The Bertz CT molecular complexity index is 985. The Morgan fingerprint density at radius 3 is 2.67 bits per heavy atom. The number of rotatable bonds is 6. The predicted octanol–water partition coefficient (Wildman–Crippen LogP) is 2.15. The maximum absolute atomic E-state index is 12.4. The minimum Gasteiger partial charge on any atom is -0.378 e. The summed E-state index contributed by atoms with van der Waals surface area (Å²) in [5, 5.41) is 17.7. The monoisotopic (exact) mass is 411 g/mol. The summed E-state index contributed by atoms with van der Waals surface area (Å²) in [6.45, 7) is 3.81. The zero-order chi connectivity index (χ0) is 21.5. The van der Waals surface area contributed by atoms with Crippen LogP contribution in [0.2, 0.25) is 0 Å². The van der Waals surface area contributed by atoms with Crippen molar-refractivity contribution in [2.45, 2.75) is 6.92 Å². The SMILES string of the molecule is CC(=O)Nc1cccc(C(=O)N/N=C\c2cc([N+](=O)[O-])ccc2N2CCOCC2)c1. The molecule has 0 saturated carbocycles. The van der Waals surface area contributed by atoms with Gasteiger partial charge in [0, 0.05) is 54.6 Å². The van der Waals surface area contributed by atoms with E-state index in [1.807, 2.05) is 4.90 Å². The van der Waals surface area contributed by atoms with Gasteiger partial charge in [-0.3, -0.25) is 19.7 Å². The Morgan fingerprint density at radius 1 is 1.20 bits per heavy atom. The van der Waals surface area contributed by atoms with Gasteiger partial charge in [0.25, 0.3) is 11.6 Å². The number of carbonyl (C=O) groups is 2. The van der Waals surface area contributed by atoms with Gasteiger partial charge < -0.3 is 15.0 Å². The number of ether oxygens (including phenoxy) is 1. The number of amides is 2. The number of hydrogen-bond donors (Lipinski definition) is 2. The number of nitro groups is 1. The van der Waals surface area contributed by atoms with Crippen LogP contribution in [0.15, 0.2) is 47.6 Å². The number of nitrogens with zero attached hydrogens (tertiary/aromatic N) is 3. The van der Waals surface area contributed by atoms with E-state index >= 15 is 0 Å². The number of nitrogens with one attached hydrogen (secondary N) is 2. The highest BCUT2D eigenvalue weighted by atomic mass is 16.6. The molecule has 30 heavy (non-hydrogen) atoms. The molecule has 0 aliphatic carbocycles. The first-order valence-electron chi connectivity index (χ1n) is 9.26. The largest absolute Gasteiger partial charge is 0.378 e. The van der Waals surface area contributed by atoms with Crippen LogP contribution in [0.4, 0.5) is 17.1 Å². The van der Waals surface area contributed by atoms with Gasteiger partial charge in [-0.1, -0.05) is 6.07 Å². The zero-order valence-electron chi connectivity index (χ0n) is 16.3. The maximum atomic E-state index is 12.4. The van der Waals surface area contributed by atoms with Crippen LogP contribution >= 0.6 is 0 Å². The van der Waals surface area contributed by atoms with Gasteiger partial charge in [0.1, 0.15) is 0 Å². The quantitative estimate of drug-likeness (QED) is 0.426. The van der Waals surface area contributed by atoms with Gasteiger partial charge >= 0.3 is 0 Å². The van der Waals surface area contributed by atoms with E-state index < -0.39 is 10.8 Å². The number of carbonyl (C=O) groups excluding carboxylic acids is 2. The average Bonchev–Trinajstić information content (AvgIpc) is 2.74. The average molecular weight is 411 g/mol. The molecule has 0 radical (unpaired) electrons. The van der Waals surface area contributed by atoms with Gasteiger partial charge in [-0.05, 0) is 24.3 Å². The molecule has 0 bridgehead atoms. The molecule has 1 aliphatic heterocycles. The zero-order valence-corrected chi connectivity index (χ0v) is 16.3. The van der Waals surface area contributed by atoms with Crippen molar-refractivity contribution < 1.29 is 19.2 Å². The van der Waals surface area contributed by atoms with Crippen molar-refractivity contribution in [3.05, 3.63) is 63.7 Å². The highest BCUT2D eigenvalue weighted by Gasteiger charge is 2.17. The third-order valence-electron chi connectivity index (χ3n) is 4.39. The summed E-state index contributed by atoms with van der Waals surface area (Å²) in [6.07, 6.45) is 1.38. The van der Waals surface area contributed by atoms with Crippen LogP contribution in [0.25, 0.3) is 0 Å². The molecule has 2 amide bonds. The molecule has 1 fully saturated rings. The molecule has 1 saturated heterocycles. The number of nitro benzene ring substituents is 1. The fraction of sp³-hybridized carbons (Fsp3) is 0.250. The molecule has 156 valence electrons. The first kappa shape index (κ1) is 20.9. The molecule has 0 unspecified atom stereocenters. The first-order valence-corrected chi connectivity index (χ1v) is 9.26. The number of hydrazone groups is 1. The lowest BCUT2D eigenvalue weighted by molar-refractivity contribution is -0.384. The van der Waals surface area contributed by atoms with Crippen molar-refractivity contribution in [1.29, 1.82) is 0 Å². The molecular weight excluding hydrogens is 390 g/mol. The summed E-state index contributed by atoms with van der Waals surface area (Å²) in [5.41, 5.74) is 4.43. The van der Waals surface area contributed by atoms with Crippen LogP contribution in [-0.4, -0.2) is 49.3 Å². The molecule has 1 aliphatic rings. The fourth-order valence-corrected chi connectivity index (χ4v) is 3.02. The van der Waals surface area contributed by atoms with Crippen LogP contribution in [0.5, 0.6) is 0 Å². The van der Waals surface area contributed by atoms with Crippen molar-refractivity contribution in [2.24, 2.45) is 5.10 Å². The molecule has 3 rings (SSSR count). The number of benzene rings is 2. The summed E-state index contributed by atoms with van der Waals surface area (Å²) in [5.74, 6) is -0.719. The topological polar surface area (TPSA) is 126 Å². The molecule has 0 atom stereocenters. The van der Waals surface area contributed by atoms with Crippen molar-refractivity contribution in [2.75, 3.05) is 36.5 Å². The molecule has 2 N–H and O–H groups in total. The lowest BCUT2D eigenvalue weighted by Gasteiger charge is -2.29. The van der Waals surface area contributed by atoms with E-state index in [1.165, 1.54) is 31.3 Å².